The van der Waals surface area contributed by atoms with E-state index in [4.69, 9.17) is 10.8 Å². The minimum Gasteiger partial charge on any atom is -0.480 e. The highest BCUT2D eigenvalue weighted by molar-refractivity contribution is 7.98. The molecule has 0 heterocycles. The van der Waals surface area contributed by atoms with E-state index < -0.39 is 17.4 Å². The van der Waals surface area contributed by atoms with Crippen molar-refractivity contribution in [3.05, 3.63) is 0 Å². The Hall–Kier alpha value is -0.750. The van der Waals surface area contributed by atoms with Gasteiger partial charge in [0.2, 0.25) is 5.91 Å². The van der Waals surface area contributed by atoms with Crippen LogP contribution in [0.3, 0.4) is 0 Å². The molecule has 1 aliphatic rings. The SMILES string of the molecule is CSCCC(NC(=O)C1(CN)CCCCC1)C(=O)O. The Morgan fingerprint density at radius 3 is 2.47 bits per heavy atom. The van der Waals surface area contributed by atoms with Gasteiger partial charge in [-0.05, 0) is 31.3 Å². The van der Waals surface area contributed by atoms with Crippen molar-refractivity contribution < 1.29 is 14.7 Å². The summed E-state index contributed by atoms with van der Waals surface area (Å²) in [6, 6.07) is -0.801. The van der Waals surface area contributed by atoms with E-state index in [9.17, 15) is 9.59 Å². The molecule has 110 valence electrons. The van der Waals surface area contributed by atoms with Gasteiger partial charge in [-0.25, -0.2) is 4.79 Å². The summed E-state index contributed by atoms with van der Waals surface area (Å²) in [5.74, 6) is -0.430. The van der Waals surface area contributed by atoms with Crippen LogP contribution in [0.1, 0.15) is 38.5 Å². The largest absolute Gasteiger partial charge is 0.480 e. The zero-order chi connectivity index (χ0) is 14.3. The number of carbonyl (C=O) groups is 2. The second-order valence-electron chi connectivity index (χ2n) is 5.19. The molecule has 0 aliphatic heterocycles. The lowest BCUT2D eigenvalue weighted by Crippen LogP contribution is -2.52. The topological polar surface area (TPSA) is 92.4 Å². The molecule has 1 rings (SSSR count). The zero-order valence-electron chi connectivity index (χ0n) is 11.5. The first kappa shape index (κ1) is 16.3. The number of hydrogen-bond acceptors (Lipinski definition) is 4. The molecule has 0 spiro atoms. The highest BCUT2D eigenvalue weighted by Gasteiger charge is 2.39. The fraction of sp³-hybridized carbons (Fsp3) is 0.846. The van der Waals surface area contributed by atoms with E-state index in [1.807, 2.05) is 6.26 Å². The molecule has 1 saturated carbocycles. The van der Waals surface area contributed by atoms with Crippen LogP contribution < -0.4 is 11.1 Å². The summed E-state index contributed by atoms with van der Waals surface area (Å²) < 4.78 is 0. The maximum atomic E-state index is 12.4. The minimum absolute atomic E-state index is 0.178. The molecule has 1 amide bonds. The summed E-state index contributed by atoms with van der Waals surface area (Å²) >= 11 is 1.58. The van der Waals surface area contributed by atoms with Crippen molar-refractivity contribution in [2.45, 2.75) is 44.6 Å². The molecule has 1 atom stereocenters. The lowest BCUT2D eigenvalue weighted by Gasteiger charge is -2.35. The number of carboxylic acid groups (broad SMARTS) is 1. The van der Waals surface area contributed by atoms with Crippen LogP contribution in [0.4, 0.5) is 0 Å². The Kier molecular flexibility index (Phi) is 6.65. The highest BCUT2D eigenvalue weighted by atomic mass is 32.2. The molecule has 0 aromatic heterocycles. The monoisotopic (exact) mass is 288 g/mol. The summed E-state index contributed by atoms with van der Waals surface area (Å²) in [7, 11) is 0. The van der Waals surface area contributed by atoms with Crippen LogP contribution in [0, 0.1) is 5.41 Å². The molecule has 4 N–H and O–H groups in total. The number of amides is 1. The van der Waals surface area contributed by atoms with Gasteiger partial charge >= 0.3 is 5.97 Å². The fourth-order valence-corrected chi connectivity index (χ4v) is 3.03. The number of hydrogen-bond donors (Lipinski definition) is 3. The molecule has 0 bridgehead atoms. The second kappa shape index (κ2) is 7.75. The average Bonchev–Trinajstić information content (AvgIpc) is 2.43. The third-order valence-electron chi connectivity index (χ3n) is 3.90. The summed E-state index contributed by atoms with van der Waals surface area (Å²) in [6.45, 7) is 0.299. The summed E-state index contributed by atoms with van der Waals surface area (Å²) in [6.07, 6.45) is 7.02. The molecule has 0 radical (unpaired) electrons. The van der Waals surface area contributed by atoms with Crippen molar-refractivity contribution in [1.29, 1.82) is 0 Å². The molecular formula is C13H24N2O3S. The van der Waals surface area contributed by atoms with Crippen LogP contribution in [0.15, 0.2) is 0 Å². The Balaban J connectivity index is 2.65. The second-order valence-corrected chi connectivity index (χ2v) is 6.18. The van der Waals surface area contributed by atoms with Gasteiger partial charge in [-0.1, -0.05) is 19.3 Å². The Morgan fingerprint density at radius 2 is 2.00 bits per heavy atom. The van der Waals surface area contributed by atoms with Crippen molar-refractivity contribution in [2.75, 3.05) is 18.6 Å². The lowest BCUT2D eigenvalue weighted by molar-refractivity contribution is -0.144. The van der Waals surface area contributed by atoms with Gasteiger partial charge in [0, 0.05) is 6.54 Å². The van der Waals surface area contributed by atoms with Crippen molar-refractivity contribution in [3.63, 3.8) is 0 Å². The van der Waals surface area contributed by atoms with Gasteiger partial charge in [-0.3, -0.25) is 4.79 Å². The predicted octanol–water partition coefficient (Wildman–Crippen LogP) is 1.22. The molecule has 0 aromatic rings. The van der Waals surface area contributed by atoms with Gasteiger partial charge in [0.25, 0.3) is 0 Å². The third-order valence-corrected chi connectivity index (χ3v) is 4.54. The van der Waals surface area contributed by atoms with Gasteiger partial charge in [0.1, 0.15) is 6.04 Å². The normalized spacial score (nSPS) is 19.7. The van der Waals surface area contributed by atoms with Crippen LogP contribution in [-0.2, 0) is 9.59 Å². The van der Waals surface area contributed by atoms with Gasteiger partial charge in [-0.15, -0.1) is 0 Å². The van der Waals surface area contributed by atoms with Crippen LogP contribution in [0.2, 0.25) is 0 Å². The van der Waals surface area contributed by atoms with E-state index in [2.05, 4.69) is 5.32 Å². The standard InChI is InChI=1S/C13H24N2O3S/c1-19-8-5-10(11(16)17)15-12(18)13(9-14)6-3-2-4-7-13/h10H,2-9,14H2,1H3,(H,15,18)(H,16,17). The van der Waals surface area contributed by atoms with E-state index in [1.54, 1.807) is 11.8 Å². The Bertz CT molecular complexity index is 317. The van der Waals surface area contributed by atoms with E-state index in [0.717, 1.165) is 32.1 Å². The average molecular weight is 288 g/mol. The fourth-order valence-electron chi connectivity index (χ4n) is 2.56. The molecule has 0 saturated heterocycles. The first-order valence-corrected chi connectivity index (χ1v) is 8.18. The quantitative estimate of drug-likeness (QED) is 0.655. The number of nitrogens with one attached hydrogen (secondary N) is 1. The van der Waals surface area contributed by atoms with Gasteiger partial charge in [0.15, 0.2) is 0 Å². The van der Waals surface area contributed by atoms with Crippen molar-refractivity contribution in [2.24, 2.45) is 11.1 Å². The first-order chi connectivity index (χ1) is 9.05. The van der Waals surface area contributed by atoms with E-state index in [1.165, 1.54) is 0 Å². The number of carbonyl (C=O) groups excluding carboxylic acids is 1. The van der Waals surface area contributed by atoms with Gasteiger partial charge in [0.05, 0.1) is 5.41 Å². The highest BCUT2D eigenvalue weighted by Crippen LogP contribution is 2.35. The predicted molar refractivity (Wildman–Crippen MR) is 77.1 cm³/mol. The molecule has 5 nitrogen and oxygen atoms in total. The van der Waals surface area contributed by atoms with Crippen LogP contribution in [0.25, 0.3) is 0 Å². The summed E-state index contributed by atoms with van der Waals surface area (Å²) in [5, 5.41) is 11.8. The molecule has 1 unspecified atom stereocenters. The zero-order valence-corrected chi connectivity index (χ0v) is 12.3. The number of nitrogens with two attached hydrogens (primary N) is 1. The maximum absolute atomic E-state index is 12.4. The van der Waals surface area contributed by atoms with Crippen molar-refractivity contribution in [1.82, 2.24) is 5.32 Å². The Morgan fingerprint density at radius 1 is 1.37 bits per heavy atom. The molecule has 1 fully saturated rings. The Labute approximate surface area is 118 Å². The summed E-state index contributed by atoms with van der Waals surface area (Å²) in [4.78, 5) is 23.5. The number of aliphatic carboxylic acids is 1. The van der Waals surface area contributed by atoms with Crippen LogP contribution >= 0.6 is 11.8 Å². The van der Waals surface area contributed by atoms with Crippen molar-refractivity contribution in [3.8, 4) is 0 Å². The lowest BCUT2D eigenvalue weighted by atomic mass is 9.73. The smallest absolute Gasteiger partial charge is 0.326 e. The summed E-state index contributed by atoms with van der Waals surface area (Å²) in [5.41, 5.74) is 5.23. The van der Waals surface area contributed by atoms with Crippen LogP contribution in [-0.4, -0.2) is 41.6 Å². The van der Waals surface area contributed by atoms with E-state index in [-0.39, 0.29) is 5.91 Å². The van der Waals surface area contributed by atoms with Gasteiger partial charge in [-0.2, -0.15) is 11.8 Å². The molecular weight excluding hydrogens is 264 g/mol. The minimum atomic E-state index is -0.967. The van der Waals surface area contributed by atoms with Crippen LogP contribution in [0.5, 0.6) is 0 Å². The molecule has 0 aromatic carbocycles. The number of rotatable bonds is 7. The first-order valence-electron chi connectivity index (χ1n) is 6.78. The maximum Gasteiger partial charge on any atom is 0.326 e. The number of carboxylic acids is 1. The van der Waals surface area contributed by atoms with Crippen molar-refractivity contribution >= 4 is 23.6 Å². The molecule has 6 heteroatoms. The number of thioether (sulfide) groups is 1. The van der Waals surface area contributed by atoms with E-state index in [0.29, 0.717) is 18.7 Å². The third kappa shape index (κ3) is 4.38. The molecule has 1 aliphatic carbocycles. The van der Waals surface area contributed by atoms with Gasteiger partial charge < -0.3 is 16.2 Å². The molecule has 19 heavy (non-hydrogen) atoms. The van der Waals surface area contributed by atoms with E-state index >= 15 is 0 Å².